The zero-order chi connectivity index (χ0) is 12.5. The quantitative estimate of drug-likeness (QED) is 0.822. The van der Waals surface area contributed by atoms with Crippen molar-refractivity contribution < 1.29 is 9.90 Å². The number of carboxylic acids is 1. The number of anilines is 1. The number of hydrogen-bond acceptors (Lipinski definition) is 3. The molecule has 2 rings (SSSR count). The molecule has 0 spiro atoms. The molecule has 0 amide bonds. The molecule has 0 unspecified atom stereocenters. The van der Waals surface area contributed by atoms with Crippen LogP contribution >= 0.6 is 0 Å². The number of aromatic nitrogens is 1. The fraction of sp³-hybridized carbons (Fsp3) is 0.538. The Kier molecular flexibility index (Phi) is 3.05. The van der Waals surface area contributed by atoms with E-state index in [4.69, 9.17) is 5.11 Å². The van der Waals surface area contributed by atoms with Crippen molar-refractivity contribution in [1.82, 2.24) is 4.98 Å². The van der Waals surface area contributed by atoms with E-state index in [-0.39, 0.29) is 5.56 Å². The summed E-state index contributed by atoms with van der Waals surface area (Å²) < 4.78 is 0. The number of rotatable bonds is 5. The second-order valence-corrected chi connectivity index (χ2v) is 4.86. The van der Waals surface area contributed by atoms with Crippen molar-refractivity contribution in [3.8, 4) is 0 Å². The van der Waals surface area contributed by atoms with Crippen molar-refractivity contribution >= 4 is 11.8 Å². The van der Waals surface area contributed by atoms with E-state index in [1.54, 1.807) is 12.1 Å². The standard InChI is InChI=1S/C13H18N2O2/c1-3-13(6-7-13)8-14-11-10(12(16)17)5-4-9(2)15-11/h4-5H,3,6-8H2,1-2H3,(H,14,15)(H,16,17). The first-order valence-corrected chi connectivity index (χ1v) is 6.01. The lowest BCUT2D eigenvalue weighted by Crippen LogP contribution is -2.17. The van der Waals surface area contributed by atoms with Crippen LogP contribution in [-0.4, -0.2) is 22.6 Å². The summed E-state index contributed by atoms with van der Waals surface area (Å²) in [5, 5.41) is 12.3. The SMILES string of the molecule is CCC1(CNc2nc(C)ccc2C(=O)O)CC1. The largest absolute Gasteiger partial charge is 0.478 e. The lowest BCUT2D eigenvalue weighted by atomic mass is 10.0. The summed E-state index contributed by atoms with van der Waals surface area (Å²) >= 11 is 0. The van der Waals surface area contributed by atoms with Gasteiger partial charge in [-0.25, -0.2) is 9.78 Å². The minimum atomic E-state index is -0.929. The van der Waals surface area contributed by atoms with Crippen molar-refractivity contribution in [2.45, 2.75) is 33.1 Å². The number of nitrogens with zero attached hydrogens (tertiary/aromatic N) is 1. The molecule has 4 heteroatoms. The number of carboxylic acid groups (broad SMARTS) is 1. The Morgan fingerprint density at radius 1 is 1.53 bits per heavy atom. The number of aryl methyl sites for hydroxylation is 1. The number of nitrogens with one attached hydrogen (secondary N) is 1. The highest BCUT2D eigenvalue weighted by Gasteiger charge is 2.40. The predicted octanol–water partition coefficient (Wildman–Crippen LogP) is 2.69. The first-order valence-electron chi connectivity index (χ1n) is 6.01. The van der Waals surface area contributed by atoms with Gasteiger partial charge in [-0.3, -0.25) is 0 Å². The van der Waals surface area contributed by atoms with Crippen molar-refractivity contribution in [2.75, 3.05) is 11.9 Å². The molecule has 0 bridgehead atoms. The second-order valence-electron chi connectivity index (χ2n) is 4.86. The molecular weight excluding hydrogens is 216 g/mol. The molecule has 0 radical (unpaired) electrons. The van der Waals surface area contributed by atoms with Crippen molar-refractivity contribution in [3.63, 3.8) is 0 Å². The van der Waals surface area contributed by atoms with E-state index in [2.05, 4.69) is 17.2 Å². The third-order valence-electron chi connectivity index (χ3n) is 3.60. The van der Waals surface area contributed by atoms with Crippen LogP contribution in [0.3, 0.4) is 0 Å². The molecule has 0 saturated heterocycles. The molecule has 92 valence electrons. The predicted molar refractivity (Wildman–Crippen MR) is 66.4 cm³/mol. The first-order chi connectivity index (χ1) is 8.06. The molecule has 1 heterocycles. The van der Waals surface area contributed by atoms with E-state index in [0.717, 1.165) is 18.7 Å². The molecule has 17 heavy (non-hydrogen) atoms. The Morgan fingerprint density at radius 3 is 2.76 bits per heavy atom. The monoisotopic (exact) mass is 234 g/mol. The molecule has 1 aliphatic carbocycles. The van der Waals surface area contributed by atoms with Crippen molar-refractivity contribution in [1.29, 1.82) is 0 Å². The Labute approximate surface area is 101 Å². The topological polar surface area (TPSA) is 62.2 Å². The number of hydrogen-bond donors (Lipinski definition) is 2. The Hall–Kier alpha value is -1.58. The molecule has 1 fully saturated rings. The van der Waals surface area contributed by atoms with Crippen LogP contribution in [0.4, 0.5) is 5.82 Å². The highest BCUT2D eigenvalue weighted by atomic mass is 16.4. The number of aromatic carboxylic acids is 1. The third kappa shape index (κ3) is 2.57. The van der Waals surface area contributed by atoms with Crippen molar-refractivity contribution in [2.24, 2.45) is 5.41 Å². The summed E-state index contributed by atoms with van der Waals surface area (Å²) in [4.78, 5) is 15.3. The fourth-order valence-electron chi connectivity index (χ4n) is 1.97. The lowest BCUT2D eigenvalue weighted by Gasteiger charge is -2.15. The van der Waals surface area contributed by atoms with E-state index >= 15 is 0 Å². The van der Waals surface area contributed by atoms with Gasteiger partial charge in [0, 0.05) is 12.2 Å². The molecule has 2 N–H and O–H groups in total. The number of carbonyl (C=O) groups is 1. The zero-order valence-electron chi connectivity index (χ0n) is 10.3. The average Bonchev–Trinajstić information content (AvgIpc) is 3.07. The Balaban J connectivity index is 2.13. The molecule has 1 aromatic heterocycles. The van der Waals surface area contributed by atoms with Crippen LogP contribution in [0.1, 0.15) is 42.2 Å². The molecule has 0 aromatic carbocycles. The highest BCUT2D eigenvalue weighted by molar-refractivity contribution is 5.93. The first kappa shape index (κ1) is 11.9. The fourth-order valence-corrected chi connectivity index (χ4v) is 1.97. The van der Waals surface area contributed by atoms with Gasteiger partial charge < -0.3 is 10.4 Å². The molecule has 0 atom stereocenters. The normalized spacial score (nSPS) is 16.6. The molecular formula is C13H18N2O2. The maximum Gasteiger partial charge on any atom is 0.339 e. The van der Waals surface area contributed by atoms with Gasteiger partial charge in [-0.2, -0.15) is 0 Å². The molecule has 4 nitrogen and oxygen atoms in total. The van der Waals surface area contributed by atoms with Crippen LogP contribution in [0.5, 0.6) is 0 Å². The minimum Gasteiger partial charge on any atom is -0.478 e. The van der Waals surface area contributed by atoms with Crippen LogP contribution in [0, 0.1) is 12.3 Å². The van der Waals surface area contributed by atoms with Gasteiger partial charge in [0.15, 0.2) is 0 Å². The van der Waals surface area contributed by atoms with Crippen molar-refractivity contribution in [3.05, 3.63) is 23.4 Å². The molecule has 1 saturated carbocycles. The average molecular weight is 234 g/mol. The van der Waals surface area contributed by atoms with E-state index in [0.29, 0.717) is 11.2 Å². The van der Waals surface area contributed by atoms with Crippen LogP contribution in [0.2, 0.25) is 0 Å². The van der Waals surface area contributed by atoms with Gasteiger partial charge in [-0.1, -0.05) is 6.92 Å². The number of pyridine rings is 1. The lowest BCUT2D eigenvalue weighted by molar-refractivity contribution is 0.0697. The van der Waals surface area contributed by atoms with Crippen LogP contribution in [-0.2, 0) is 0 Å². The third-order valence-corrected chi connectivity index (χ3v) is 3.60. The molecule has 1 aromatic rings. The maximum absolute atomic E-state index is 11.1. The van der Waals surface area contributed by atoms with Crippen LogP contribution in [0.15, 0.2) is 12.1 Å². The second kappa shape index (κ2) is 4.35. The minimum absolute atomic E-state index is 0.252. The highest BCUT2D eigenvalue weighted by Crippen LogP contribution is 2.48. The maximum atomic E-state index is 11.1. The summed E-state index contributed by atoms with van der Waals surface area (Å²) in [6.45, 7) is 4.86. The summed E-state index contributed by atoms with van der Waals surface area (Å²) in [6.07, 6.45) is 3.59. The Bertz CT molecular complexity index is 439. The van der Waals surface area contributed by atoms with E-state index in [1.807, 2.05) is 6.92 Å². The van der Waals surface area contributed by atoms with Gasteiger partial charge in [0.2, 0.25) is 0 Å². The summed E-state index contributed by atoms with van der Waals surface area (Å²) in [5.41, 5.74) is 1.46. The van der Waals surface area contributed by atoms with E-state index < -0.39 is 5.97 Å². The van der Waals surface area contributed by atoms with Gasteiger partial charge in [-0.05, 0) is 43.7 Å². The smallest absolute Gasteiger partial charge is 0.339 e. The molecule has 0 aliphatic heterocycles. The van der Waals surface area contributed by atoms with E-state index in [9.17, 15) is 4.79 Å². The summed E-state index contributed by atoms with van der Waals surface area (Å²) in [6, 6.07) is 3.33. The van der Waals surface area contributed by atoms with Gasteiger partial charge in [0.25, 0.3) is 0 Å². The van der Waals surface area contributed by atoms with Crippen LogP contribution < -0.4 is 5.32 Å². The van der Waals surface area contributed by atoms with Gasteiger partial charge >= 0.3 is 5.97 Å². The zero-order valence-corrected chi connectivity index (χ0v) is 10.3. The van der Waals surface area contributed by atoms with Gasteiger partial charge in [0.1, 0.15) is 11.4 Å². The summed E-state index contributed by atoms with van der Waals surface area (Å²) in [5.74, 6) is -0.432. The van der Waals surface area contributed by atoms with Gasteiger partial charge in [-0.15, -0.1) is 0 Å². The summed E-state index contributed by atoms with van der Waals surface area (Å²) in [7, 11) is 0. The molecule has 1 aliphatic rings. The van der Waals surface area contributed by atoms with Gasteiger partial charge in [0.05, 0.1) is 0 Å². The Morgan fingerprint density at radius 2 is 2.24 bits per heavy atom. The van der Waals surface area contributed by atoms with Crippen LogP contribution in [0.25, 0.3) is 0 Å². The van der Waals surface area contributed by atoms with E-state index in [1.165, 1.54) is 12.8 Å².